The maximum atomic E-state index is 9.83. The quantitative estimate of drug-likeness (QED) is 0.797. The highest BCUT2D eigenvalue weighted by Gasteiger charge is 2.42. The smallest absolute Gasteiger partial charge is 0.0614 e. The lowest BCUT2D eigenvalue weighted by molar-refractivity contribution is 0.0577. The SMILES string of the molecule is CCC1CN(C2CCC(CO)(NC(C)C)C2)CCN1C. The molecule has 1 saturated carbocycles. The monoisotopic (exact) mass is 283 g/mol. The Labute approximate surface area is 124 Å². The lowest BCUT2D eigenvalue weighted by Crippen LogP contribution is -2.55. The normalized spacial score (nSPS) is 36.9. The van der Waals surface area contributed by atoms with Gasteiger partial charge in [-0.3, -0.25) is 4.90 Å². The number of nitrogens with one attached hydrogen (secondary N) is 1. The first-order valence-electron chi connectivity index (χ1n) is 8.32. The minimum absolute atomic E-state index is 0.0378. The van der Waals surface area contributed by atoms with Crippen LogP contribution in [0.15, 0.2) is 0 Å². The molecule has 0 aromatic heterocycles. The first kappa shape index (κ1) is 16.2. The van der Waals surface area contributed by atoms with Gasteiger partial charge < -0.3 is 15.3 Å². The summed E-state index contributed by atoms with van der Waals surface area (Å²) in [5, 5.41) is 13.5. The van der Waals surface area contributed by atoms with Crippen molar-refractivity contribution in [2.24, 2.45) is 0 Å². The van der Waals surface area contributed by atoms with Gasteiger partial charge in [0, 0.05) is 43.3 Å². The molecule has 2 N–H and O–H groups in total. The Hall–Kier alpha value is -0.160. The van der Waals surface area contributed by atoms with E-state index < -0.39 is 0 Å². The van der Waals surface area contributed by atoms with Gasteiger partial charge in [0.1, 0.15) is 0 Å². The molecule has 3 atom stereocenters. The van der Waals surface area contributed by atoms with Crippen LogP contribution in [-0.4, -0.2) is 71.9 Å². The van der Waals surface area contributed by atoms with Gasteiger partial charge in [-0.25, -0.2) is 0 Å². The lowest BCUT2D eigenvalue weighted by atomic mass is 9.96. The molecule has 3 unspecified atom stereocenters. The van der Waals surface area contributed by atoms with Gasteiger partial charge in [-0.05, 0) is 32.7 Å². The Balaban J connectivity index is 1.94. The average Bonchev–Trinajstić information content (AvgIpc) is 2.83. The fourth-order valence-corrected chi connectivity index (χ4v) is 4.08. The van der Waals surface area contributed by atoms with E-state index in [1.807, 2.05) is 0 Å². The van der Waals surface area contributed by atoms with Crippen molar-refractivity contribution in [1.82, 2.24) is 15.1 Å². The number of aliphatic hydroxyl groups is 1. The maximum Gasteiger partial charge on any atom is 0.0614 e. The minimum Gasteiger partial charge on any atom is -0.394 e. The standard InChI is InChI=1S/C16H33N3O/c1-5-14-11-19(9-8-18(14)4)15-6-7-16(10-15,12-20)17-13(2)3/h13-15,17,20H,5-12H2,1-4H3. The van der Waals surface area contributed by atoms with E-state index in [0.29, 0.717) is 18.1 Å². The van der Waals surface area contributed by atoms with E-state index in [-0.39, 0.29) is 12.1 Å². The van der Waals surface area contributed by atoms with Crippen molar-refractivity contribution in [3.63, 3.8) is 0 Å². The van der Waals surface area contributed by atoms with Crippen LogP contribution in [0, 0.1) is 0 Å². The summed E-state index contributed by atoms with van der Waals surface area (Å²) in [6.45, 7) is 10.5. The van der Waals surface area contributed by atoms with Gasteiger partial charge in [0.05, 0.1) is 6.61 Å². The molecule has 2 fully saturated rings. The molecule has 2 aliphatic rings. The summed E-state index contributed by atoms with van der Waals surface area (Å²) in [4.78, 5) is 5.17. The molecule has 1 saturated heterocycles. The van der Waals surface area contributed by atoms with Crippen molar-refractivity contribution >= 4 is 0 Å². The van der Waals surface area contributed by atoms with E-state index in [2.05, 4.69) is 42.9 Å². The van der Waals surface area contributed by atoms with Crippen LogP contribution in [0.1, 0.15) is 46.5 Å². The third-order valence-electron chi connectivity index (χ3n) is 5.28. The minimum atomic E-state index is -0.0378. The zero-order valence-corrected chi connectivity index (χ0v) is 13.7. The van der Waals surface area contributed by atoms with E-state index in [4.69, 9.17) is 0 Å². The summed E-state index contributed by atoms with van der Waals surface area (Å²) in [7, 11) is 2.25. The Kier molecular flexibility index (Phi) is 5.46. The average molecular weight is 283 g/mol. The molecule has 0 bridgehead atoms. The zero-order valence-electron chi connectivity index (χ0n) is 13.7. The molecule has 0 radical (unpaired) electrons. The summed E-state index contributed by atoms with van der Waals surface area (Å²) in [6, 6.07) is 1.79. The predicted octanol–water partition coefficient (Wildman–Crippen LogP) is 1.29. The first-order chi connectivity index (χ1) is 9.49. The highest BCUT2D eigenvalue weighted by atomic mass is 16.3. The topological polar surface area (TPSA) is 38.7 Å². The van der Waals surface area contributed by atoms with Crippen LogP contribution < -0.4 is 5.32 Å². The maximum absolute atomic E-state index is 9.83. The second-order valence-corrected chi connectivity index (χ2v) is 7.17. The van der Waals surface area contributed by atoms with E-state index in [1.54, 1.807) is 0 Å². The number of piperazine rings is 1. The molecule has 1 aliphatic carbocycles. The van der Waals surface area contributed by atoms with Gasteiger partial charge in [-0.1, -0.05) is 20.8 Å². The number of aliphatic hydroxyl groups excluding tert-OH is 1. The van der Waals surface area contributed by atoms with Gasteiger partial charge in [-0.2, -0.15) is 0 Å². The van der Waals surface area contributed by atoms with Crippen LogP contribution in [0.3, 0.4) is 0 Å². The summed E-state index contributed by atoms with van der Waals surface area (Å²) in [5.41, 5.74) is -0.0378. The molecule has 4 heteroatoms. The number of hydrogen-bond acceptors (Lipinski definition) is 4. The molecule has 0 amide bonds. The highest BCUT2D eigenvalue weighted by molar-refractivity contribution is 5.01. The lowest BCUT2D eigenvalue weighted by Gasteiger charge is -2.42. The fraction of sp³-hybridized carbons (Fsp3) is 1.00. The highest BCUT2D eigenvalue weighted by Crippen LogP contribution is 2.34. The molecular weight excluding hydrogens is 250 g/mol. The van der Waals surface area contributed by atoms with Gasteiger partial charge in [0.15, 0.2) is 0 Å². The van der Waals surface area contributed by atoms with Crippen LogP contribution in [0.25, 0.3) is 0 Å². The first-order valence-corrected chi connectivity index (χ1v) is 8.32. The molecule has 0 aromatic rings. The third kappa shape index (κ3) is 3.53. The summed E-state index contributed by atoms with van der Waals surface area (Å²) < 4.78 is 0. The van der Waals surface area contributed by atoms with Crippen molar-refractivity contribution in [1.29, 1.82) is 0 Å². The van der Waals surface area contributed by atoms with Crippen LogP contribution in [-0.2, 0) is 0 Å². The Morgan fingerprint density at radius 1 is 1.35 bits per heavy atom. The zero-order chi connectivity index (χ0) is 14.8. The number of nitrogens with zero attached hydrogens (tertiary/aromatic N) is 2. The summed E-state index contributed by atoms with van der Waals surface area (Å²) in [6.07, 6.45) is 4.66. The molecule has 4 nitrogen and oxygen atoms in total. The second-order valence-electron chi connectivity index (χ2n) is 7.17. The molecule has 1 heterocycles. The molecule has 0 spiro atoms. The van der Waals surface area contributed by atoms with Gasteiger partial charge in [-0.15, -0.1) is 0 Å². The van der Waals surface area contributed by atoms with Gasteiger partial charge >= 0.3 is 0 Å². The van der Waals surface area contributed by atoms with Gasteiger partial charge in [0.25, 0.3) is 0 Å². The number of rotatable bonds is 5. The third-order valence-corrected chi connectivity index (χ3v) is 5.28. The van der Waals surface area contributed by atoms with Crippen molar-refractivity contribution < 1.29 is 5.11 Å². The molecule has 1 aliphatic heterocycles. The molecule has 2 rings (SSSR count). The Morgan fingerprint density at radius 2 is 2.10 bits per heavy atom. The van der Waals surface area contributed by atoms with E-state index in [0.717, 1.165) is 12.8 Å². The van der Waals surface area contributed by atoms with Crippen molar-refractivity contribution in [2.75, 3.05) is 33.3 Å². The second kappa shape index (κ2) is 6.73. The molecular formula is C16H33N3O. The van der Waals surface area contributed by atoms with Crippen molar-refractivity contribution in [3.8, 4) is 0 Å². The Morgan fingerprint density at radius 3 is 2.70 bits per heavy atom. The van der Waals surface area contributed by atoms with Crippen molar-refractivity contribution in [3.05, 3.63) is 0 Å². The van der Waals surface area contributed by atoms with E-state index >= 15 is 0 Å². The van der Waals surface area contributed by atoms with Gasteiger partial charge in [0.2, 0.25) is 0 Å². The Bertz CT molecular complexity index is 310. The van der Waals surface area contributed by atoms with Crippen molar-refractivity contribution in [2.45, 2.75) is 70.1 Å². The molecule has 118 valence electrons. The molecule has 20 heavy (non-hydrogen) atoms. The molecule has 0 aromatic carbocycles. The largest absolute Gasteiger partial charge is 0.394 e. The van der Waals surface area contributed by atoms with Crippen LogP contribution >= 0.6 is 0 Å². The van der Waals surface area contributed by atoms with Crippen LogP contribution in [0.5, 0.6) is 0 Å². The summed E-state index contributed by atoms with van der Waals surface area (Å²) >= 11 is 0. The van der Waals surface area contributed by atoms with E-state index in [1.165, 1.54) is 32.5 Å². The number of hydrogen-bond donors (Lipinski definition) is 2. The van der Waals surface area contributed by atoms with Crippen LogP contribution in [0.2, 0.25) is 0 Å². The van der Waals surface area contributed by atoms with Crippen LogP contribution in [0.4, 0.5) is 0 Å². The van der Waals surface area contributed by atoms with E-state index in [9.17, 15) is 5.11 Å². The predicted molar refractivity (Wildman–Crippen MR) is 84.0 cm³/mol. The summed E-state index contributed by atoms with van der Waals surface area (Å²) in [5.74, 6) is 0. The number of likely N-dealkylation sites (N-methyl/N-ethyl adjacent to an activating group) is 1. The fourth-order valence-electron chi connectivity index (χ4n) is 4.08.